The zero-order chi connectivity index (χ0) is 14.0. The van der Waals surface area contributed by atoms with E-state index in [2.05, 4.69) is 0 Å². The molecule has 19 heavy (non-hydrogen) atoms. The van der Waals surface area contributed by atoms with Crippen LogP contribution < -0.4 is 10.5 Å². The highest BCUT2D eigenvalue weighted by atomic mass is 16.5. The SMILES string of the molecule is CN(C(=O)COc1ccc(N)cc1C(=O)O)C1CC1. The van der Waals surface area contributed by atoms with Crippen molar-refractivity contribution in [1.29, 1.82) is 0 Å². The molecule has 0 heterocycles. The molecule has 0 aromatic heterocycles. The largest absolute Gasteiger partial charge is 0.483 e. The Labute approximate surface area is 110 Å². The van der Waals surface area contributed by atoms with Crippen LogP contribution in [0.5, 0.6) is 5.75 Å². The maximum Gasteiger partial charge on any atom is 0.339 e. The van der Waals surface area contributed by atoms with Crippen molar-refractivity contribution in [3.63, 3.8) is 0 Å². The molecule has 0 saturated heterocycles. The quantitative estimate of drug-likeness (QED) is 0.773. The number of benzene rings is 1. The maximum atomic E-state index is 11.8. The first kappa shape index (κ1) is 13.2. The van der Waals surface area contributed by atoms with Crippen LogP contribution in [0.3, 0.4) is 0 Å². The number of carbonyl (C=O) groups excluding carboxylic acids is 1. The highest BCUT2D eigenvalue weighted by molar-refractivity contribution is 5.92. The predicted octanol–water partition coefficient (Wildman–Crippen LogP) is 0.967. The van der Waals surface area contributed by atoms with Crippen LogP contribution in [-0.2, 0) is 4.79 Å². The first-order valence-electron chi connectivity index (χ1n) is 6.00. The predicted molar refractivity (Wildman–Crippen MR) is 69.1 cm³/mol. The van der Waals surface area contributed by atoms with Gasteiger partial charge < -0.3 is 20.5 Å². The Morgan fingerprint density at radius 3 is 2.74 bits per heavy atom. The third kappa shape index (κ3) is 3.15. The average molecular weight is 264 g/mol. The number of hydrogen-bond donors (Lipinski definition) is 2. The fraction of sp³-hybridized carbons (Fsp3) is 0.385. The summed E-state index contributed by atoms with van der Waals surface area (Å²) in [4.78, 5) is 24.5. The molecular weight excluding hydrogens is 248 g/mol. The van der Waals surface area contributed by atoms with Crippen molar-refractivity contribution in [3.8, 4) is 5.75 Å². The van der Waals surface area contributed by atoms with Gasteiger partial charge in [0.15, 0.2) is 6.61 Å². The number of amides is 1. The van der Waals surface area contributed by atoms with Gasteiger partial charge in [0, 0.05) is 18.8 Å². The van der Waals surface area contributed by atoms with Crippen LogP contribution in [0, 0.1) is 0 Å². The molecule has 2 rings (SSSR count). The van der Waals surface area contributed by atoms with Gasteiger partial charge in [0.1, 0.15) is 11.3 Å². The van der Waals surface area contributed by atoms with Gasteiger partial charge in [-0.05, 0) is 31.0 Å². The fourth-order valence-electron chi connectivity index (χ4n) is 1.75. The van der Waals surface area contributed by atoms with E-state index in [-0.39, 0.29) is 23.8 Å². The molecule has 3 N–H and O–H groups in total. The van der Waals surface area contributed by atoms with Gasteiger partial charge in [0.2, 0.25) is 0 Å². The minimum atomic E-state index is -1.13. The summed E-state index contributed by atoms with van der Waals surface area (Å²) in [5, 5.41) is 9.03. The van der Waals surface area contributed by atoms with E-state index in [0.717, 1.165) is 12.8 Å². The summed E-state index contributed by atoms with van der Waals surface area (Å²) in [6, 6.07) is 4.62. The Bertz CT molecular complexity index is 511. The third-order valence-electron chi connectivity index (χ3n) is 3.07. The van der Waals surface area contributed by atoms with E-state index in [4.69, 9.17) is 15.6 Å². The maximum absolute atomic E-state index is 11.8. The molecule has 1 aromatic rings. The number of likely N-dealkylation sites (N-methyl/N-ethyl adjacent to an activating group) is 1. The summed E-state index contributed by atoms with van der Waals surface area (Å²) in [5.41, 5.74) is 5.82. The highest BCUT2D eigenvalue weighted by Gasteiger charge is 2.29. The minimum absolute atomic E-state index is 0.0399. The molecule has 0 spiro atoms. The fourth-order valence-corrected chi connectivity index (χ4v) is 1.75. The normalized spacial score (nSPS) is 13.9. The Balaban J connectivity index is 2.02. The van der Waals surface area contributed by atoms with Crippen molar-refractivity contribution in [2.75, 3.05) is 19.4 Å². The molecule has 1 aliphatic carbocycles. The second kappa shape index (κ2) is 5.17. The van der Waals surface area contributed by atoms with Crippen molar-refractivity contribution >= 4 is 17.6 Å². The Morgan fingerprint density at radius 2 is 2.16 bits per heavy atom. The first-order valence-corrected chi connectivity index (χ1v) is 6.00. The van der Waals surface area contributed by atoms with E-state index in [9.17, 15) is 9.59 Å². The van der Waals surface area contributed by atoms with Gasteiger partial charge in [-0.3, -0.25) is 4.79 Å². The van der Waals surface area contributed by atoms with Crippen molar-refractivity contribution < 1.29 is 19.4 Å². The lowest BCUT2D eigenvalue weighted by Gasteiger charge is -2.17. The van der Waals surface area contributed by atoms with Gasteiger partial charge in [-0.15, -0.1) is 0 Å². The number of carboxylic acids is 1. The van der Waals surface area contributed by atoms with Gasteiger partial charge in [-0.2, -0.15) is 0 Å². The van der Waals surface area contributed by atoms with E-state index in [0.29, 0.717) is 11.7 Å². The van der Waals surface area contributed by atoms with E-state index >= 15 is 0 Å². The number of rotatable bonds is 5. The zero-order valence-electron chi connectivity index (χ0n) is 10.6. The smallest absolute Gasteiger partial charge is 0.339 e. The van der Waals surface area contributed by atoms with Crippen molar-refractivity contribution in [2.24, 2.45) is 0 Å². The Hall–Kier alpha value is -2.24. The molecule has 6 nitrogen and oxygen atoms in total. The van der Waals surface area contributed by atoms with E-state index < -0.39 is 5.97 Å². The zero-order valence-corrected chi connectivity index (χ0v) is 10.6. The summed E-state index contributed by atoms with van der Waals surface area (Å²) in [7, 11) is 1.73. The number of anilines is 1. The summed E-state index contributed by atoms with van der Waals surface area (Å²) in [6.07, 6.45) is 2.04. The first-order chi connectivity index (χ1) is 8.99. The Morgan fingerprint density at radius 1 is 1.47 bits per heavy atom. The number of aromatic carboxylic acids is 1. The molecule has 0 bridgehead atoms. The minimum Gasteiger partial charge on any atom is -0.483 e. The van der Waals surface area contributed by atoms with Crippen molar-refractivity contribution in [3.05, 3.63) is 23.8 Å². The number of nitrogens with two attached hydrogens (primary N) is 1. The lowest BCUT2D eigenvalue weighted by Crippen LogP contribution is -2.33. The topological polar surface area (TPSA) is 92.9 Å². The summed E-state index contributed by atoms with van der Waals surface area (Å²) >= 11 is 0. The van der Waals surface area contributed by atoms with Crippen LogP contribution in [0.15, 0.2) is 18.2 Å². The molecule has 1 saturated carbocycles. The lowest BCUT2D eigenvalue weighted by molar-refractivity contribution is -0.132. The van der Waals surface area contributed by atoms with Crippen molar-refractivity contribution in [1.82, 2.24) is 4.90 Å². The molecule has 1 aliphatic rings. The number of hydrogen-bond acceptors (Lipinski definition) is 4. The van der Waals surface area contributed by atoms with Crippen LogP contribution in [0.25, 0.3) is 0 Å². The van der Waals surface area contributed by atoms with Crippen LogP contribution in [0.2, 0.25) is 0 Å². The van der Waals surface area contributed by atoms with Crippen LogP contribution >= 0.6 is 0 Å². The number of carbonyl (C=O) groups is 2. The van der Waals surface area contributed by atoms with Gasteiger partial charge in [0.05, 0.1) is 0 Å². The lowest BCUT2D eigenvalue weighted by atomic mass is 10.2. The van der Waals surface area contributed by atoms with Gasteiger partial charge in [-0.1, -0.05) is 0 Å². The summed E-state index contributed by atoms with van der Waals surface area (Å²) in [5.74, 6) is -1.14. The molecule has 6 heteroatoms. The van der Waals surface area contributed by atoms with E-state index in [1.807, 2.05) is 0 Å². The summed E-state index contributed by atoms with van der Waals surface area (Å²) < 4.78 is 5.29. The second-order valence-electron chi connectivity index (χ2n) is 4.59. The molecule has 0 atom stereocenters. The van der Waals surface area contributed by atoms with Gasteiger partial charge in [-0.25, -0.2) is 4.79 Å². The molecule has 1 fully saturated rings. The summed E-state index contributed by atoms with van der Waals surface area (Å²) in [6.45, 7) is -0.169. The molecule has 1 aromatic carbocycles. The molecule has 0 unspecified atom stereocenters. The molecule has 0 aliphatic heterocycles. The Kier molecular flexibility index (Phi) is 3.59. The van der Waals surface area contributed by atoms with Crippen LogP contribution in [0.4, 0.5) is 5.69 Å². The number of carboxylic acid groups (broad SMARTS) is 1. The van der Waals surface area contributed by atoms with Crippen molar-refractivity contribution in [2.45, 2.75) is 18.9 Å². The average Bonchev–Trinajstić information content (AvgIpc) is 3.20. The van der Waals surface area contributed by atoms with Gasteiger partial charge in [0.25, 0.3) is 5.91 Å². The van der Waals surface area contributed by atoms with Gasteiger partial charge >= 0.3 is 5.97 Å². The monoisotopic (exact) mass is 264 g/mol. The standard InChI is InChI=1S/C13H16N2O4/c1-15(9-3-4-9)12(16)7-19-11-5-2-8(14)6-10(11)13(17)18/h2,5-6,9H,3-4,7,14H2,1H3,(H,17,18). The van der Waals surface area contributed by atoms with E-state index in [1.165, 1.54) is 18.2 Å². The third-order valence-corrected chi connectivity index (χ3v) is 3.07. The van der Waals surface area contributed by atoms with E-state index in [1.54, 1.807) is 11.9 Å². The molecule has 1 amide bonds. The van der Waals surface area contributed by atoms with Crippen LogP contribution in [-0.4, -0.2) is 41.6 Å². The number of nitrogen functional groups attached to an aromatic ring is 1. The second-order valence-corrected chi connectivity index (χ2v) is 4.59. The highest BCUT2D eigenvalue weighted by Crippen LogP contribution is 2.26. The van der Waals surface area contributed by atoms with Crippen LogP contribution in [0.1, 0.15) is 23.2 Å². The molecule has 102 valence electrons. The molecule has 0 radical (unpaired) electrons. The number of ether oxygens (including phenoxy) is 1. The molecular formula is C13H16N2O4. The number of nitrogens with zero attached hydrogens (tertiary/aromatic N) is 1.